The summed E-state index contributed by atoms with van der Waals surface area (Å²) < 4.78 is 4.86. The van der Waals surface area contributed by atoms with Gasteiger partial charge >= 0.3 is 12.0 Å². The molecule has 2 aromatic carbocycles. The van der Waals surface area contributed by atoms with Gasteiger partial charge in [-0.15, -0.1) is 0 Å². The molecule has 0 spiro atoms. The highest BCUT2D eigenvalue weighted by molar-refractivity contribution is 6.39. The van der Waals surface area contributed by atoms with Gasteiger partial charge in [-0.1, -0.05) is 41.4 Å². The number of methoxy groups -OCH3 is 1. The van der Waals surface area contributed by atoms with Crippen LogP contribution in [0.3, 0.4) is 0 Å². The number of nitrogens with zero attached hydrogens (tertiary/aromatic N) is 1. The molecular weight excluding hydrogens is 375 g/mol. The van der Waals surface area contributed by atoms with Crippen molar-refractivity contribution in [2.45, 2.75) is 19.4 Å². The summed E-state index contributed by atoms with van der Waals surface area (Å²) in [5, 5.41) is 3.55. The van der Waals surface area contributed by atoms with E-state index < -0.39 is 0 Å². The first kappa shape index (κ1) is 18.5. The molecule has 0 radical (unpaired) electrons. The van der Waals surface area contributed by atoms with E-state index in [0.717, 1.165) is 11.1 Å². The van der Waals surface area contributed by atoms with Gasteiger partial charge in [0.25, 0.3) is 0 Å². The molecule has 1 aliphatic rings. The van der Waals surface area contributed by atoms with Gasteiger partial charge in [0.15, 0.2) is 0 Å². The van der Waals surface area contributed by atoms with Crippen molar-refractivity contribution in [1.82, 2.24) is 4.90 Å². The lowest BCUT2D eigenvalue weighted by atomic mass is 9.90. The molecule has 0 aromatic heterocycles. The Bertz CT molecular complexity index is 850. The largest absolute Gasteiger partial charge is 0.465 e. The van der Waals surface area contributed by atoms with Gasteiger partial charge < -0.3 is 15.0 Å². The number of nitrogens with one attached hydrogen (secondary N) is 1. The summed E-state index contributed by atoms with van der Waals surface area (Å²) in [7, 11) is 1.36. The van der Waals surface area contributed by atoms with Crippen molar-refractivity contribution >= 4 is 40.9 Å². The van der Waals surface area contributed by atoms with E-state index in [1.54, 1.807) is 35.2 Å². The number of carbonyl (C=O) groups is 2. The zero-order valence-corrected chi connectivity index (χ0v) is 15.9. The van der Waals surface area contributed by atoms with Crippen LogP contribution in [0.1, 0.15) is 34.5 Å². The number of rotatable bonds is 2. The normalized spacial score (nSPS) is 16.0. The van der Waals surface area contributed by atoms with Gasteiger partial charge in [0.05, 0.1) is 34.4 Å². The number of carbonyl (C=O) groups excluding carboxylic acids is 2. The molecule has 3 rings (SSSR count). The first-order chi connectivity index (χ1) is 12.4. The van der Waals surface area contributed by atoms with Gasteiger partial charge in [0.1, 0.15) is 0 Å². The summed E-state index contributed by atoms with van der Waals surface area (Å²) >= 11 is 12.3. The average molecular weight is 393 g/mol. The molecule has 0 aliphatic carbocycles. The fraction of sp³-hybridized carbons (Fsp3) is 0.263. The zero-order chi connectivity index (χ0) is 18.8. The van der Waals surface area contributed by atoms with Crippen LogP contribution in [-0.2, 0) is 11.2 Å². The number of esters is 1. The zero-order valence-electron chi connectivity index (χ0n) is 14.4. The Morgan fingerprint density at radius 3 is 2.46 bits per heavy atom. The number of urea groups is 1. The molecule has 1 heterocycles. The van der Waals surface area contributed by atoms with E-state index in [9.17, 15) is 9.59 Å². The summed E-state index contributed by atoms with van der Waals surface area (Å²) in [5.41, 5.74) is 2.79. The highest BCUT2D eigenvalue weighted by Crippen LogP contribution is 2.34. The first-order valence-corrected chi connectivity index (χ1v) is 8.91. The molecule has 1 aliphatic heterocycles. The van der Waals surface area contributed by atoms with E-state index in [0.29, 0.717) is 34.3 Å². The van der Waals surface area contributed by atoms with Crippen molar-refractivity contribution in [3.8, 4) is 0 Å². The second kappa shape index (κ2) is 7.56. The molecule has 136 valence electrons. The molecule has 0 saturated carbocycles. The van der Waals surface area contributed by atoms with Crippen LogP contribution in [0.2, 0.25) is 10.0 Å². The minimum Gasteiger partial charge on any atom is -0.465 e. The number of amides is 2. The lowest BCUT2D eigenvalue weighted by Gasteiger charge is -2.36. The minimum absolute atomic E-state index is 0.204. The van der Waals surface area contributed by atoms with Crippen molar-refractivity contribution in [2.75, 3.05) is 19.0 Å². The monoisotopic (exact) mass is 392 g/mol. The fourth-order valence-corrected chi connectivity index (χ4v) is 3.74. The number of ether oxygens (including phenoxy) is 1. The lowest BCUT2D eigenvalue weighted by molar-refractivity contribution is 0.0598. The maximum absolute atomic E-state index is 12.8. The van der Waals surface area contributed by atoms with Gasteiger partial charge in [0, 0.05) is 6.54 Å². The molecular formula is C19H18Cl2N2O3. The maximum atomic E-state index is 12.8. The first-order valence-electron chi connectivity index (χ1n) is 8.15. The topological polar surface area (TPSA) is 58.6 Å². The summed E-state index contributed by atoms with van der Waals surface area (Å²) in [6.07, 6.45) is 0.564. The molecule has 0 saturated heterocycles. The standard InChI is InChI=1S/C19H18Cl2N2O3/c1-11-12-5-3-6-14(18(24)26-2)13(12)9-10-23(11)19(25)22-17-15(20)7-4-8-16(17)21/h3-8,11H,9-10H2,1-2H3,(H,22,25). The van der Waals surface area contributed by atoms with Crippen LogP contribution in [0.25, 0.3) is 0 Å². The number of hydrogen-bond acceptors (Lipinski definition) is 3. The second-order valence-electron chi connectivity index (χ2n) is 6.01. The summed E-state index contributed by atoms with van der Waals surface area (Å²) in [6.45, 7) is 2.39. The fourth-order valence-electron chi connectivity index (χ4n) is 3.24. The van der Waals surface area contributed by atoms with Crippen LogP contribution in [-0.4, -0.2) is 30.6 Å². The molecule has 2 amide bonds. The van der Waals surface area contributed by atoms with Gasteiger partial charge in [-0.3, -0.25) is 0 Å². The van der Waals surface area contributed by atoms with Gasteiger partial charge in [0.2, 0.25) is 0 Å². The predicted octanol–water partition coefficient (Wildman–Crippen LogP) is 4.93. The van der Waals surface area contributed by atoms with Crippen LogP contribution in [0.5, 0.6) is 0 Å². The molecule has 0 bridgehead atoms. The van der Waals surface area contributed by atoms with Crippen molar-refractivity contribution in [3.05, 3.63) is 63.1 Å². The number of hydrogen-bond donors (Lipinski definition) is 1. The lowest BCUT2D eigenvalue weighted by Crippen LogP contribution is -2.42. The van der Waals surface area contributed by atoms with Crippen molar-refractivity contribution < 1.29 is 14.3 Å². The quantitative estimate of drug-likeness (QED) is 0.736. The Hall–Kier alpha value is -2.24. The van der Waals surface area contributed by atoms with Crippen LogP contribution in [0.15, 0.2) is 36.4 Å². The maximum Gasteiger partial charge on any atom is 0.338 e. The van der Waals surface area contributed by atoms with Crippen LogP contribution >= 0.6 is 23.2 Å². The van der Waals surface area contributed by atoms with E-state index in [-0.39, 0.29) is 18.0 Å². The average Bonchev–Trinajstić information content (AvgIpc) is 2.64. The van der Waals surface area contributed by atoms with Crippen molar-refractivity contribution in [1.29, 1.82) is 0 Å². The molecule has 0 fully saturated rings. The smallest absolute Gasteiger partial charge is 0.338 e. The third kappa shape index (κ3) is 3.37. The number of para-hydroxylation sites is 1. The highest BCUT2D eigenvalue weighted by atomic mass is 35.5. The number of benzene rings is 2. The Morgan fingerprint density at radius 1 is 1.15 bits per heavy atom. The van der Waals surface area contributed by atoms with Crippen LogP contribution < -0.4 is 5.32 Å². The predicted molar refractivity (Wildman–Crippen MR) is 102 cm³/mol. The van der Waals surface area contributed by atoms with E-state index in [1.165, 1.54) is 7.11 Å². The van der Waals surface area contributed by atoms with Gasteiger partial charge in [-0.2, -0.15) is 0 Å². The Balaban J connectivity index is 1.86. The third-order valence-corrected chi connectivity index (χ3v) is 5.22. The third-order valence-electron chi connectivity index (χ3n) is 4.59. The van der Waals surface area contributed by atoms with E-state index >= 15 is 0 Å². The van der Waals surface area contributed by atoms with Crippen LogP contribution in [0, 0.1) is 0 Å². The molecule has 5 nitrogen and oxygen atoms in total. The SMILES string of the molecule is COC(=O)c1cccc2c1CCN(C(=O)Nc1c(Cl)cccc1Cl)C2C. The molecule has 2 aromatic rings. The Kier molecular flexibility index (Phi) is 5.39. The molecule has 26 heavy (non-hydrogen) atoms. The molecule has 1 unspecified atom stereocenters. The molecule has 1 atom stereocenters. The van der Waals surface area contributed by atoms with Crippen LogP contribution in [0.4, 0.5) is 10.5 Å². The number of anilines is 1. The Labute approximate surface area is 161 Å². The summed E-state index contributed by atoms with van der Waals surface area (Å²) in [6, 6.07) is 10.0. The van der Waals surface area contributed by atoms with E-state index in [4.69, 9.17) is 27.9 Å². The van der Waals surface area contributed by atoms with E-state index in [2.05, 4.69) is 5.32 Å². The van der Waals surface area contributed by atoms with E-state index in [1.807, 2.05) is 13.0 Å². The van der Waals surface area contributed by atoms with Crippen molar-refractivity contribution in [2.24, 2.45) is 0 Å². The summed E-state index contributed by atoms with van der Waals surface area (Å²) in [4.78, 5) is 26.4. The van der Waals surface area contributed by atoms with Crippen molar-refractivity contribution in [3.63, 3.8) is 0 Å². The van der Waals surface area contributed by atoms with Gasteiger partial charge in [-0.05, 0) is 42.7 Å². The summed E-state index contributed by atoms with van der Waals surface area (Å²) in [5.74, 6) is -0.366. The minimum atomic E-state index is -0.366. The number of halogens is 2. The highest BCUT2D eigenvalue weighted by Gasteiger charge is 2.30. The Morgan fingerprint density at radius 2 is 1.81 bits per heavy atom. The number of fused-ring (bicyclic) bond motifs is 1. The molecule has 7 heteroatoms. The molecule has 1 N–H and O–H groups in total. The van der Waals surface area contributed by atoms with Gasteiger partial charge in [-0.25, -0.2) is 9.59 Å². The second-order valence-corrected chi connectivity index (χ2v) is 6.83.